The van der Waals surface area contributed by atoms with Gasteiger partial charge in [-0.3, -0.25) is 9.59 Å². The molecule has 1 aliphatic carbocycles. The summed E-state index contributed by atoms with van der Waals surface area (Å²) >= 11 is 6.20. The minimum absolute atomic E-state index is 0.0144. The third kappa shape index (κ3) is 5.09. The molecule has 27 heavy (non-hydrogen) atoms. The van der Waals surface area contributed by atoms with Crippen molar-refractivity contribution < 1.29 is 9.59 Å². The van der Waals surface area contributed by atoms with E-state index in [1.807, 2.05) is 4.90 Å². The number of nitrogens with zero attached hydrogens (tertiary/aromatic N) is 3. The Bertz CT molecular complexity index is 691. The summed E-state index contributed by atoms with van der Waals surface area (Å²) in [5, 5.41) is 3.28. The average Bonchev–Trinajstić information content (AvgIpc) is 3.46. The molecule has 2 heterocycles. The largest absolute Gasteiger partial charge is 0.383 e. The summed E-state index contributed by atoms with van der Waals surface area (Å²) in [6, 6.07) is -0.446. The van der Waals surface area contributed by atoms with Crippen LogP contribution in [0.3, 0.4) is 0 Å². The van der Waals surface area contributed by atoms with Crippen LogP contribution in [-0.4, -0.2) is 45.8 Å². The zero-order valence-electron chi connectivity index (χ0n) is 16.0. The number of carbonyl (C=O) groups is 2. The van der Waals surface area contributed by atoms with Gasteiger partial charge in [-0.05, 0) is 58.3 Å². The molecule has 0 unspecified atom stereocenters. The molecule has 2 fully saturated rings. The molecular weight excluding hydrogens is 366 g/mol. The summed E-state index contributed by atoms with van der Waals surface area (Å²) in [5.74, 6) is 1.71. The van der Waals surface area contributed by atoms with Crippen molar-refractivity contribution in [2.75, 3.05) is 18.8 Å². The van der Waals surface area contributed by atoms with Crippen LogP contribution in [0.1, 0.15) is 50.4 Å². The first-order valence-corrected chi connectivity index (χ1v) is 10.1. The normalized spacial score (nSPS) is 19.0. The number of aryl methyl sites for hydroxylation is 1. The van der Waals surface area contributed by atoms with Crippen LogP contribution in [0.5, 0.6) is 0 Å². The van der Waals surface area contributed by atoms with Gasteiger partial charge in [0.15, 0.2) is 0 Å². The van der Waals surface area contributed by atoms with E-state index in [0.29, 0.717) is 22.7 Å². The van der Waals surface area contributed by atoms with Gasteiger partial charge in [-0.1, -0.05) is 11.6 Å². The van der Waals surface area contributed by atoms with Crippen LogP contribution in [0.2, 0.25) is 5.15 Å². The van der Waals surface area contributed by atoms with Gasteiger partial charge in [0.1, 0.15) is 22.8 Å². The van der Waals surface area contributed by atoms with E-state index in [0.717, 1.165) is 57.2 Å². The fourth-order valence-electron chi connectivity index (χ4n) is 3.62. The van der Waals surface area contributed by atoms with E-state index in [1.54, 1.807) is 13.8 Å². The Balaban J connectivity index is 1.44. The Morgan fingerprint density at radius 1 is 1.26 bits per heavy atom. The van der Waals surface area contributed by atoms with Crippen LogP contribution in [0.4, 0.5) is 5.82 Å². The molecule has 0 radical (unpaired) electrons. The molecular formula is C19H28ClN5O2. The second-order valence-electron chi connectivity index (χ2n) is 7.74. The maximum atomic E-state index is 12.5. The Labute approximate surface area is 165 Å². The molecule has 0 aromatic carbocycles. The fourth-order valence-corrected chi connectivity index (χ4v) is 3.93. The summed E-state index contributed by atoms with van der Waals surface area (Å²) in [5.41, 5.74) is 6.79. The molecule has 1 aliphatic heterocycles. The van der Waals surface area contributed by atoms with Gasteiger partial charge in [0.25, 0.3) is 0 Å². The number of nitrogen functional groups attached to an aromatic ring is 1. The zero-order chi connectivity index (χ0) is 19.6. The molecule has 1 saturated heterocycles. The quantitative estimate of drug-likeness (QED) is 0.721. The van der Waals surface area contributed by atoms with Crippen molar-refractivity contribution in [1.82, 2.24) is 20.2 Å². The van der Waals surface area contributed by atoms with E-state index in [1.165, 1.54) is 0 Å². The Hall–Kier alpha value is -1.89. The smallest absolute Gasteiger partial charge is 0.244 e. The van der Waals surface area contributed by atoms with Crippen molar-refractivity contribution in [2.24, 2.45) is 11.8 Å². The molecule has 1 aromatic heterocycles. The van der Waals surface area contributed by atoms with Gasteiger partial charge < -0.3 is 16.0 Å². The van der Waals surface area contributed by atoms with Gasteiger partial charge >= 0.3 is 0 Å². The molecule has 7 nitrogen and oxygen atoms in total. The van der Waals surface area contributed by atoms with Crippen molar-refractivity contribution >= 4 is 29.2 Å². The third-order valence-electron chi connectivity index (χ3n) is 5.51. The first kappa shape index (κ1) is 19.9. The third-order valence-corrected chi connectivity index (χ3v) is 5.82. The standard InChI is InChI=1S/C19H28ClN5O2/c1-11(22-18(26)14-4-5-14)19(27)25-9-7-13(8-10-25)3-6-15-16(20)23-12(2)24-17(15)21/h11,13-14H,3-10H2,1-2H3,(H,22,26)(H2,21,23,24)/t11-/m0/s1. The molecule has 0 bridgehead atoms. The van der Waals surface area contributed by atoms with Gasteiger partial charge in [-0.15, -0.1) is 0 Å². The van der Waals surface area contributed by atoms with Gasteiger partial charge in [-0.2, -0.15) is 0 Å². The van der Waals surface area contributed by atoms with Crippen LogP contribution in [0.25, 0.3) is 0 Å². The van der Waals surface area contributed by atoms with Crippen LogP contribution in [-0.2, 0) is 16.0 Å². The SMILES string of the molecule is Cc1nc(N)c(CCC2CCN(C(=O)[C@H](C)NC(=O)C3CC3)CC2)c(Cl)n1. The van der Waals surface area contributed by atoms with Crippen molar-refractivity contribution in [3.63, 3.8) is 0 Å². The van der Waals surface area contributed by atoms with E-state index in [2.05, 4.69) is 15.3 Å². The number of aromatic nitrogens is 2. The first-order chi connectivity index (χ1) is 12.8. The molecule has 0 spiro atoms. The maximum absolute atomic E-state index is 12.5. The molecule has 2 aliphatic rings. The minimum atomic E-state index is -0.446. The summed E-state index contributed by atoms with van der Waals surface area (Å²) in [6.07, 6.45) is 5.47. The van der Waals surface area contributed by atoms with Gasteiger partial charge in [0.2, 0.25) is 11.8 Å². The van der Waals surface area contributed by atoms with E-state index < -0.39 is 6.04 Å². The van der Waals surface area contributed by atoms with Crippen molar-refractivity contribution in [1.29, 1.82) is 0 Å². The van der Waals surface area contributed by atoms with E-state index >= 15 is 0 Å². The number of carbonyl (C=O) groups excluding carboxylic acids is 2. The number of hydrogen-bond acceptors (Lipinski definition) is 5. The number of halogens is 1. The lowest BCUT2D eigenvalue weighted by Crippen LogP contribution is -2.49. The molecule has 2 amide bonds. The number of rotatable bonds is 6. The van der Waals surface area contributed by atoms with Gasteiger partial charge in [-0.25, -0.2) is 9.97 Å². The second kappa shape index (κ2) is 8.42. The monoisotopic (exact) mass is 393 g/mol. The van der Waals surface area contributed by atoms with Gasteiger partial charge in [0, 0.05) is 24.6 Å². The molecule has 1 aromatic rings. The molecule has 3 rings (SSSR count). The Morgan fingerprint density at radius 2 is 1.93 bits per heavy atom. The first-order valence-electron chi connectivity index (χ1n) is 9.72. The highest BCUT2D eigenvalue weighted by molar-refractivity contribution is 6.30. The van der Waals surface area contributed by atoms with Crippen LogP contribution in [0.15, 0.2) is 0 Å². The topological polar surface area (TPSA) is 101 Å². The highest BCUT2D eigenvalue weighted by atomic mass is 35.5. The summed E-state index contributed by atoms with van der Waals surface area (Å²) in [4.78, 5) is 34.6. The molecule has 1 saturated carbocycles. The van der Waals surface area contributed by atoms with Crippen LogP contribution < -0.4 is 11.1 Å². The molecule has 8 heteroatoms. The molecule has 1 atom stereocenters. The lowest BCUT2D eigenvalue weighted by molar-refractivity contribution is -0.137. The predicted octanol–water partition coefficient (Wildman–Crippen LogP) is 2.11. The van der Waals surface area contributed by atoms with Crippen LogP contribution in [0, 0.1) is 18.8 Å². The van der Waals surface area contributed by atoms with E-state index in [9.17, 15) is 9.59 Å². The van der Waals surface area contributed by atoms with Crippen LogP contribution >= 0.6 is 11.6 Å². The Morgan fingerprint density at radius 3 is 2.52 bits per heavy atom. The maximum Gasteiger partial charge on any atom is 0.244 e. The summed E-state index contributed by atoms with van der Waals surface area (Å²) in [7, 11) is 0. The number of likely N-dealkylation sites (tertiary alicyclic amines) is 1. The second-order valence-corrected chi connectivity index (χ2v) is 8.10. The number of amides is 2. The average molecular weight is 394 g/mol. The highest BCUT2D eigenvalue weighted by Crippen LogP contribution is 2.29. The predicted molar refractivity (Wildman–Crippen MR) is 104 cm³/mol. The number of hydrogen-bond donors (Lipinski definition) is 2. The number of anilines is 1. The van der Waals surface area contributed by atoms with Gasteiger partial charge in [0.05, 0.1) is 0 Å². The lowest BCUT2D eigenvalue weighted by Gasteiger charge is -2.33. The number of piperidine rings is 1. The summed E-state index contributed by atoms with van der Waals surface area (Å²) in [6.45, 7) is 4.99. The van der Waals surface area contributed by atoms with Crippen molar-refractivity contribution in [3.8, 4) is 0 Å². The zero-order valence-corrected chi connectivity index (χ0v) is 16.8. The summed E-state index contributed by atoms with van der Waals surface area (Å²) < 4.78 is 0. The molecule has 148 valence electrons. The van der Waals surface area contributed by atoms with Crippen molar-refractivity contribution in [2.45, 2.75) is 58.4 Å². The number of nitrogens with two attached hydrogens (primary N) is 1. The van der Waals surface area contributed by atoms with E-state index in [4.69, 9.17) is 17.3 Å². The Kier molecular flexibility index (Phi) is 6.19. The number of nitrogens with one attached hydrogen (secondary N) is 1. The fraction of sp³-hybridized carbons (Fsp3) is 0.684. The highest BCUT2D eigenvalue weighted by Gasteiger charge is 2.33. The minimum Gasteiger partial charge on any atom is -0.383 e. The van der Waals surface area contributed by atoms with Crippen molar-refractivity contribution in [3.05, 3.63) is 16.5 Å². The van der Waals surface area contributed by atoms with E-state index in [-0.39, 0.29) is 17.7 Å². The lowest BCUT2D eigenvalue weighted by atomic mass is 9.90. The molecule has 3 N–H and O–H groups in total.